The highest BCUT2D eigenvalue weighted by Gasteiger charge is 2.31. The van der Waals surface area contributed by atoms with Gasteiger partial charge in [0.05, 0.1) is 13.0 Å². The van der Waals surface area contributed by atoms with Crippen LogP contribution in [-0.2, 0) is 4.79 Å². The number of likely N-dealkylation sites (tertiary alicyclic amines) is 1. The van der Waals surface area contributed by atoms with Crippen molar-refractivity contribution in [3.8, 4) is 5.75 Å². The monoisotopic (exact) mass is 517 g/mol. The number of piperidine rings is 1. The van der Waals surface area contributed by atoms with E-state index >= 15 is 0 Å². The van der Waals surface area contributed by atoms with Gasteiger partial charge in [0.2, 0.25) is 5.91 Å². The first-order chi connectivity index (χ1) is 17.1. The number of amides is 2. The van der Waals surface area contributed by atoms with Crippen LogP contribution < -0.4 is 10.1 Å². The maximum atomic E-state index is 14.3. The van der Waals surface area contributed by atoms with E-state index in [1.807, 2.05) is 0 Å². The van der Waals surface area contributed by atoms with Crippen molar-refractivity contribution in [2.75, 3.05) is 19.7 Å². The molecule has 0 bridgehead atoms. The minimum absolute atomic E-state index is 0.0211. The fourth-order valence-corrected chi connectivity index (χ4v) is 4.47. The first-order valence-electron chi connectivity index (χ1n) is 12.3. The Kier molecular flexibility index (Phi) is 9.67. The van der Waals surface area contributed by atoms with Gasteiger partial charge in [0.1, 0.15) is 22.9 Å². The van der Waals surface area contributed by atoms with Crippen molar-refractivity contribution in [1.29, 1.82) is 5.41 Å². The molecule has 1 aliphatic carbocycles. The Balaban J connectivity index is 1.44. The molecule has 2 aliphatic rings. The number of alkyl halides is 3. The molecule has 1 atom stereocenters. The summed E-state index contributed by atoms with van der Waals surface area (Å²) in [5.74, 6) is -2.92. The maximum Gasteiger partial charge on any atom is 0.389 e. The number of ether oxygens (including phenoxy) is 1. The molecule has 2 fully saturated rings. The molecule has 36 heavy (non-hydrogen) atoms. The standard InChI is InChI=1S/C25H32F5N3O3/c26-20-14-19(15-21(27)23(20)24(35)32-18-1-2-18)36-12-7-16(4-9-31)13-17-5-10-33(11-6-17)22(34)3-8-25(28,29)30/h9,14-18,31H,1-8,10-13H2,(H,32,35)/t16-/m0/s1. The molecular weight excluding hydrogens is 485 g/mol. The van der Waals surface area contributed by atoms with Crippen molar-refractivity contribution in [2.24, 2.45) is 11.8 Å². The van der Waals surface area contributed by atoms with Crippen LogP contribution in [0.2, 0.25) is 0 Å². The average molecular weight is 518 g/mol. The predicted octanol–water partition coefficient (Wildman–Crippen LogP) is 5.25. The molecule has 0 spiro atoms. The molecule has 1 saturated heterocycles. The fourth-order valence-electron chi connectivity index (χ4n) is 4.47. The highest BCUT2D eigenvalue weighted by molar-refractivity contribution is 5.95. The summed E-state index contributed by atoms with van der Waals surface area (Å²) in [4.78, 5) is 25.5. The first kappa shape index (κ1) is 27.9. The highest BCUT2D eigenvalue weighted by Crippen LogP contribution is 2.29. The Bertz CT molecular complexity index is 905. The number of hydrogen-bond donors (Lipinski definition) is 2. The summed E-state index contributed by atoms with van der Waals surface area (Å²) in [6.45, 7) is 0.989. The number of benzene rings is 1. The van der Waals surface area contributed by atoms with E-state index in [1.54, 1.807) is 0 Å². The molecule has 0 radical (unpaired) electrons. The molecule has 1 saturated carbocycles. The number of rotatable bonds is 12. The third-order valence-corrected chi connectivity index (χ3v) is 6.66. The molecule has 0 aromatic heterocycles. The number of nitrogens with one attached hydrogen (secondary N) is 2. The van der Waals surface area contributed by atoms with Gasteiger partial charge in [-0.1, -0.05) is 0 Å². The largest absolute Gasteiger partial charge is 0.493 e. The van der Waals surface area contributed by atoms with Crippen molar-refractivity contribution in [3.63, 3.8) is 0 Å². The molecule has 2 N–H and O–H groups in total. The van der Waals surface area contributed by atoms with Crippen LogP contribution in [0.1, 0.15) is 68.1 Å². The van der Waals surface area contributed by atoms with E-state index in [2.05, 4.69) is 5.32 Å². The third-order valence-electron chi connectivity index (χ3n) is 6.66. The molecular formula is C25H32F5N3O3. The van der Waals surface area contributed by atoms with Crippen LogP contribution in [0.25, 0.3) is 0 Å². The van der Waals surface area contributed by atoms with Gasteiger partial charge in [-0.3, -0.25) is 9.59 Å². The van der Waals surface area contributed by atoms with Crippen molar-refractivity contribution in [3.05, 3.63) is 29.3 Å². The van der Waals surface area contributed by atoms with Gasteiger partial charge < -0.3 is 20.4 Å². The Hall–Kier alpha value is -2.72. The quantitative estimate of drug-likeness (QED) is 0.293. The van der Waals surface area contributed by atoms with Gasteiger partial charge in [0.15, 0.2) is 0 Å². The maximum absolute atomic E-state index is 14.3. The van der Waals surface area contributed by atoms with Gasteiger partial charge in [-0.15, -0.1) is 0 Å². The van der Waals surface area contributed by atoms with E-state index in [0.717, 1.165) is 31.4 Å². The Labute approximate surface area is 207 Å². The van der Waals surface area contributed by atoms with Crippen LogP contribution in [0.3, 0.4) is 0 Å². The van der Waals surface area contributed by atoms with Crippen LogP contribution in [-0.4, -0.2) is 54.8 Å². The van der Waals surface area contributed by atoms with E-state index in [-0.39, 0.29) is 30.2 Å². The van der Waals surface area contributed by atoms with E-state index in [9.17, 15) is 31.5 Å². The third kappa shape index (κ3) is 8.74. The predicted molar refractivity (Wildman–Crippen MR) is 123 cm³/mol. The average Bonchev–Trinajstić information content (AvgIpc) is 3.61. The summed E-state index contributed by atoms with van der Waals surface area (Å²) in [7, 11) is 0. The second-order valence-electron chi connectivity index (χ2n) is 9.63. The van der Waals surface area contributed by atoms with Gasteiger partial charge in [-0.05, 0) is 63.0 Å². The zero-order valence-corrected chi connectivity index (χ0v) is 20.0. The molecule has 6 nitrogen and oxygen atoms in total. The van der Waals surface area contributed by atoms with Crippen molar-refractivity contribution in [2.45, 2.75) is 70.0 Å². The van der Waals surface area contributed by atoms with Gasteiger partial charge >= 0.3 is 6.18 Å². The minimum atomic E-state index is -4.35. The number of carbonyl (C=O) groups is 2. The highest BCUT2D eigenvalue weighted by atomic mass is 19.4. The smallest absolute Gasteiger partial charge is 0.389 e. The van der Waals surface area contributed by atoms with E-state index in [0.29, 0.717) is 38.8 Å². The molecule has 1 aromatic carbocycles. The Morgan fingerprint density at radius 3 is 2.33 bits per heavy atom. The topological polar surface area (TPSA) is 82.5 Å². The Morgan fingerprint density at radius 2 is 1.78 bits per heavy atom. The van der Waals surface area contributed by atoms with Gasteiger partial charge in [-0.25, -0.2) is 8.78 Å². The van der Waals surface area contributed by atoms with Crippen LogP contribution >= 0.6 is 0 Å². The van der Waals surface area contributed by atoms with Crippen LogP contribution in [0.15, 0.2) is 12.1 Å². The minimum Gasteiger partial charge on any atom is -0.493 e. The van der Waals surface area contributed by atoms with Crippen LogP contribution in [0.5, 0.6) is 5.75 Å². The second kappa shape index (κ2) is 12.5. The summed E-state index contributed by atoms with van der Waals surface area (Å²) < 4.78 is 71.3. The summed E-state index contributed by atoms with van der Waals surface area (Å²) in [6, 6.07) is 1.95. The zero-order chi connectivity index (χ0) is 26.3. The molecule has 11 heteroatoms. The second-order valence-corrected chi connectivity index (χ2v) is 9.63. The zero-order valence-electron chi connectivity index (χ0n) is 20.0. The summed E-state index contributed by atoms with van der Waals surface area (Å²) in [5, 5.41) is 10.0. The molecule has 2 amide bonds. The number of nitrogens with zero attached hydrogens (tertiary/aromatic N) is 1. The number of hydrogen-bond acceptors (Lipinski definition) is 4. The normalized spacial score (nSPS) is 17.5. The van der Waals surface area contributed by atoms with Gasteiger partial charge in [-0.2, -0.15) is 13.2 Å². The molecule has 200 valence electrons. The molecule has 3 rings (SSSR count). The Morgan fingerprint density at radius 1 is 1.14 bits per heavy atom. The number of halogens is 5. The molecule has 1 heterocycles. The lowest BCUT2D eigenvalue weighted by molar-refractivity contribution is -0.149. The molecule has 1 aliphatic heterocycles. The molecule has 1 aromatic rings. The van der Waals surface area contributed by atoms with Crippen molar-refractivity contribution >= 4 is 18.0 Å². The van der Waals surface area contributed by atoms with Gasteiger partial charge in [0, 0.05) is 37.7 Å². The summed E-state index contributed by atoms with van der Waals surface area (Å²) >= 11 is 0. The van der Waals surface area contributed by atoms with Gasteiger partial charge in [0.25, 0.3) is 5.91 Å². The summed E-state index contributed by atoms with van der Waals surface area (Å²) in [6.07, 6.45) is 0.0388. The van der Waals surface area contributed by atoms with Crippen molar-refractivity contribution in [1.82, 2.24) is 10.2 Å². The van der Waals surface area contributed by atoms with E-state index in [1.165, 1.54) is 11.1 Å². The fraction of sp³-hybridized carbons (Fsp3) is 0.640. The van der Waals surface area contributed by atoms with Crippen LogP contribution in [0, 0.1) is 28.9 Å². The van der Waals surface area contributed by atoms with E-state index < -0.39 is 48.0 Å². The first-order valence-corrected chi connectivity index (χ1v) is 12.3. The number of carbonyl (C=O) groups excluding carboxylic acids is 2. The lowest BCUT2D eigenvalue weighted by atomic mass is 9.84. The SMILES string of the molecule is N=CC[C@@H](CCOc1cc(F)c(C(=O)NC2CC2)c(F)c1)CC1CCN(C(=O)CCC(F)(F)F)CC1. The lowest BCUT2D eigenvalue weighted by Gasteiger charge is -2.33. The molecule has 0 unspecified atom stereocenters. The van der Waals surface area contributed by atoms with E-state index in [4.69, 9.17) is 10.1 Å². The van der Waals surface area contributed by atoms with Crippen LogP contribution in [0.4, 0.5) is 22.0 Å². The lowest BCUT2D eigenvalue weighted by Crippen LogP contribution is -2.39. The summed E-state index contributed by atoms with van der Waals surface area (Å²) in [5.41, 5.74) is -0.626. The van der Waals surface area contributed by atoms with Crippen molar-refractivity contribution < 1.29 is 36.3 Å².